The van der Waals surface area contributed by atoms with Crippen LogP contribution in [0.25, 0.3) is 0 Å². The van der Waals surface area contributed by atoms with Gasteiger partial charge in [0.25, 0.3) is 0 Å². The number of hydrogen-bond acceptors (Lipinski definition) is 2. The second-order valence-corrected chi connectivity index (χ2v) is 6.88. The third kappa shape index (κ3) is 4.37. The molecule has 126 valence electrons. The molecular formula is C17H25ClN3O2+. The van der Waals surface area contributed by atoms with Crippen LogP contribution in [0.2, 0.25) is 5.02 Å². The molecule has 5 nitrogen and oxygen atoms in total. The maximum Gasteiger partial charge on any atom is 0.322 e. The van der Waals surface area contributed by atoms with Crippen LogP contribution in [0.15, 0.2) is 18.2 Å². The van der Waals surface area contributed by atoms with Crippen molar-refractivity contribution in [3.8, 4) is 0 Å². The van der Waals surface area contributed by atoms with Gasteiger partial charge in [-0.15, -0.1) is 0 Å². The number of ether oxygens (including phenoxy) is 1. The fourth-order valence-corrected chi connectivity index (χ4v) is 3.41. The number of halogens is 1. The molecule has 6 heteroatoms. The van der Waals surface area contributed by atoms with Crippen LogP contribution in [-0.4, -0.2) is 56.4 Å². The normalized spacial score (nSPS) is 22.3. The summed E-state index contributed by atoms with van der Waals surface area (Å²) in [4.78, 5) is 15.8. The van der Waals surface area contributed by atoms with Crippen LogP contribution in [0.1, 0.15) is 18.4 Å². The Bertz CT molecular complexity index is 553. The fourth-order valence-electron chi connectivity index (χ4n) is 3.23. The molecule has 0 aliphatic carbocycles. The summed E-state index contributed by atoms with van der Waals surface area (Å²) in [7, 11) is 0. The molecule has 2 fully saturated rings. The lowest BCUT2D eigenvalue weighted by molar-refractivity contribution is -0.906. The Morgan fingerprint density at radius 1 is 1.43 bits per heavy atom. The van der Waals surface area contributed by atoms with Crippen molar-refractivity contribution >= 4 is 23.3 Å². The molecule has 0 spiro atoms. The van der Waals surface area contributed by atoms with E-state index < -0.39 is 0 Å². The predicted molar refractivity (Wildman–Crippen MR) is 91.3 cm³/mol. The Morgan fingerprint density at radius 2 is 2.22 bits per heavy atom. The summed E-state index contributed by atoms with van der Waals surface area (Å²) in [6, 6.07) is 5.56. The van der Waals surface area contributed by atoms with Gasteiger partial charge in [0.2, 0.25) is 0 Å². The molecule has 0 radical (unpaired) electrons. The number of hydrogen-bond donors (Lipinski definition) is 2. The van der Waals surface area contributed by atoms with Crippen LogP contribution in [0.5, 0.6) is 0 Å². The lowest BCUT2D eigenvalue weighted by Gasteiger charge is -2.33. The van der Waals surface area contributed by atoms with Crippen LogP contribution in [0.3, 0.4) is 0 Å². The number of carbonyl (C=O) groups is 1. The summed E-state index contributed by atoms with van der Waals surface area (Å²) in [5.41, 5.74) is 1.76. The van der Waals surface area contributed by atoms with Crippen molar-refractivity contribution in [2.24, 2.45) is 0 Å². The second-order valence-electron chi connectivity index (χ2n) is 6.47. The number of nitrogens with zero attached hydrogens (tertiary/aromatic N) is 1. The van der Waals surface area contributed by atoms with Gasteiger partial charge in [-0.3, -0.25) is 0 Å². The topological polar surface area (TPSA) is 46.0 Å². The summed E-state index contributed by atoms with van der Waals surface area (Å²) in [5.74, 6) is 0. The van der Waals surface area contributed by atoms with E-state index in [0.29, 0.717) is 11.1 Å². The van der Waals surface area contributed by atoms with Gasteiger partial charge in [-0.25, -0.2) is 4.79 Å². The molecule has 2 N–H and O–H groups in total. The highest BCUT2D eigenvalue weighted by Crippen LogP contribution is 2.20. The molecule has 23 heavy (non-hydrogen) atoms. The molecule has 3 rings (SSSR count). The van der Waals surface area contributed by atoms with Gasteiger partial charge in [-0.1, -0.05) is 17.7 Å². The van der Waals surface area contributed by atoms with Gasteiger partial charge < -0.3 is 19.9 Å². The number of rotatable bonds is 3. The largest absolute Gasteiger partial charge is 0.372 e. The minimum Gasteiger partial charge on any atom is -0.372 e. The molecule has 0 bridgehead atoms. The third-order valence-electron chi connectivity index (χ3n) is 4.72. The highest BCUT2D eigenvalue weighted by molar-refractivity contribution is 6.31. The van der Waals surface area contributed by atoms with E-state index in [0.717, 1.165) is 50.6 Å². The number of urea groups is 1. The van der Waals surface area contributed by atoms with Gasteiger partial charge >= 0.3 is 6.03 Å². The standard InChI is InChI=1S/C17H24ClN3O2/c1-13-4-5-14(11-16(13)18)19-17(22)21-8-6-20(7-9-21)12-15-3-2-10-23-15/h4-5,11,15H,2-3,6-10,12H2,1H3,(H,19,22)/p+1/t15-/m0/s1. The van der Waals surface area contributed by atoms with Crippen LogP contribution in [0, 0.1) is 6.92 Å². The van der Waals surface area contributed by atoms with Gasteiger partial charge in [0, 0.05) is 17.3 Å². The Kier molecular flexibility index (Phi) is 5.41. The van der Waals surface area contributed by atoms with Crippen molar-refractivity contribution in [3.05, 3.63) is 28.8 Å². The Hall–Kier alpha value is -1.30. The zero-order valence-electron chi connectivity index (χ0n) is 13.6. The molecule has 1 aromatic rings. The van der Waals surface area contributed by atoms with E-state index in [4.69, 9.17) is 16.3 Å². The van der Waals surface area contributed by atoms with Crippen molar-refractivity contribution in [1.29, 1.82) is 0 Å². The van der Waals surface area contributed by atoms with E-state index >= 15 is 0 Å². The number of piperazine rings is 1. The average molecular weight is 339 g/mol. The van der Waals surface area contributed by atoms with Gasteiger partial charge in [0.15, 0.2) is 0 Å². The number of carbonyl (C=O) groups excluding carboxylic acids is 1. The number of nitrogens with one attached hydrogen (secondary N) is 2. The zero-order chi connectivity index (χ0) is 16.2. The van der Waals surface area contributed by atoms with Crippen molar-refractivity contribution in [2.75, 3.05) is 44.6 Å². The van der Waals surface area contributed by atoms with Gasteiger partial charge in [-0.2, -0.15) is 0 Å². The maximum absolute atomic E-state index is 12.4. The highest BCUT2D eigenvalue weighted by Gasteiger charge is 2.27. The minimum absolute atomic E-state index is 0.0407. The SMILES string of the molecule is Cc1ccc(NC(=O)N2CC[NH+](C[C@@H]3CCCO3)CC2)cc1Cl. The summed E-state index contributed by atoms with van der Waals surface area (Å²) < 4.78 is 5.70. The Balaban J connectivity index is 1.46. The van der Waals surface area contributed by atoms with Crippen molar-refractivity contribution in [3.63, 3.8) is 0 Å². The predicted octanol–water partition coefficient (Wildman–Crippen LogP) is 1.56. The number of anilines is 1. The first kappa shape index (κ1) is 16.6. The van der Waals surface area contributed by atoms with E-state index in [-0.39, 0.29) is 6.03 Å². The van der Waals surface area contributed by atoms with Gasteiger partial charge in [-0.05, 0) is 37.5 Å². The van der Waals surface area contributed by atoms with Crippen molar-refractivity contribution in [2.45, 2.75) is 25.9 Å². The lowest BCUT2D eigenvalue weighted by Crippen LogP contribution is -3.15. The van der Waals surface area contributed by atoms with E-state index in [1.807, 2.05) is 24.0 Å². The first-order valence-electron chi connectivity index (χ1n) is 8.39. The van der Waals surface area contributed by atoms with Crippen LogP contribution in [-0.2, 0) is 4.74 Å². The van der Waals surface area contributed by atoms with E-state index in [2.05, 4.69) is 5.32 Å². The maximum atomic E-state index is 12.4. The number of aryl methyl sites for hydroxylation is 1. The molecule has 2 aliphatic rings. The van der Waals surface area contributed by atoms with E-state index in [1.165, 1.54) is 12.8 Å². The second kappa shape index (κ2) is 7.51. The number of benzene rings is 1. The summed E-state index contributed by atoms with van der Waals surface area (Å²) in [5, 5.41) is 3.61. The monoisotopic (exact) mass is 338 g/mol. The summed E-state index contributed by atoms with van der Waals surface area (Å²) in [6.45, 7) is 7.48. The summed E-state index contributed by atoms with van der Waals surface area (Å²) >= 11 is 6.10. The fraction of sp³-hybridized carbons (Fsp3) is 0.588. The van der Waals surface area contributed by atoms with Gasteiger partial charge in [0.1, 0.15) is 12.6 Å². The highest BCUT2D eigenvalue weighted by atomic mass is 35.5. The van der Waals surface area contributed by atoms with E-state index in [9.17, 15) is 4.79 Å². The number of quaternary nitrogens is 1. The minimum atomic E-state index is -0.0407. The molecule has 0 aromatic heterocycles. The molecule has 0 saturated carbocycles. The Morgan fingerprint density at radius 3 is 2.87 bits per heavy atom. The van der Waals surface area contributed by atoms with Crippen LogP contribution >= 0.6 is 11.6 Å². The van der Waals surface area contributed by atoms with Crippen LogP contribution in [0.4, 0.5) is 10.5 Å². The molecule has 1 atom stereocenters. The molecule has 0 unspecified atom stereocenters. The molecule has 2 saturated heterocycles. The Labute approximate surface area is 142 Å². The smallest absolute Gasteiger partial charge is 0.322 e. The molecular weight excluding hydrogens is 314 g/mol. The molecule has 1 aromatic carbocycles. The summed E-state index contributed by atoms with van der Waals surface area (Å²) in [6.07, 6.45) is 2.79. The van der Waals surface area contributed by atoms with Gasteiger partial charge in [0.05, 0.1) is 26.2 Å². The number of amides is 2. The first-order chi connectivity index (χ1) is 11.1. The average Bonchev–Trinajstić information content (AvgIpc) is 3.04. The van der Waals surface area contributed by atoms with Crippen molar-refractivity contribution in [1.82, 2.24) is 4.90 Å². The van der Waals surface area contributed by atoms with E-state index in [1.54, 1.807) is 11.0 Å². The molecule has 2 heterocycles. The molecule has 2 amide bonds. The lowest BCUT2D eigenvalue weighted by atomic mass is 10.2. The zero-order valence-corrected chi connectivity index (χ0v) is 14.4. The first-order valence-corrected chi connectivity index (χ1v) is 8.77. The molecule has 2 aliphatic heterocycles. The third-order valence-corrected chi connectivity index (χ3v) is 5.13. The van der Waals surface area contributed by atoms with Crippen molar-refractivity contribution < 1.29 is 14.4 Å². The van der Waals surface area contributed by atoms with Crippen LogP contribution < -0.4 is 10.2 Å². The quantitative estimate of drug-likeness (QED) is 0.878.